The van der Waals surface area contributed by atoms with E-state index in [2.05, 4.69) is 9.46 Å². The van der Waals surface area contributed by atoms with Gasteiger partial charge in [-0.2, -0.15) is 0 Å². The molecule has 0 bridgehead atoms. The van der Waals surface area contributed by atoms with Gasteiger partial charge in [0.05, 0.1) is 11.0 Å². The molecule has 3 aromatic carbocycles. The first kappa shape index (κ1) is 21.1. The fourth-order valence-electron chi connectivity index (χ4n) is 2.93. The van der Waals surface area contributed by atoms with Crippen molar-refractivity contribution in [2.45, 2.75) is 23.8 Å². The molecule has 0 radical (unpaired) electrons. The van der Waals surface area contributed by atoms with Gasteiger partial charge >= 0.3 is 6.36 Å². The van der Waals surface area contributed by atoms with Gasteiger partial charge in [0.2, 0.25) is 10.0 Å². The summed E-state index contributed by atoms with van der Waals surface area (Å²) in [6.45, 7) is -0.0481. The summed E-state index contributed by atoms with van der Waals surface area (Å²) < 4.78 is 67.2. The van der Waals surface area contributed by atoms with E-state index in [-0.39, 0.29) is 17.9 Å². The van der Waals surface area contributed by atoms with Crippen molar-refractivity contribution in [2.75, 3.05) is 6.54 Å². The summed E-state index contributed by atoms with van der Waals surface area (Å²) in [5.41, 5.74) is 0.691. The third-order valence-electron chi connectivity index (χ3n) is 4.26. The highest BCUT2D eigenvalue weighted by Crippen LogP contribution is 2.26. The number of alkyl halides is 3. The zero-order valence-corrected chi connectivity index (χ0v) is 15.9. The average molecular weight is 425 g/mol. The number of nitrogens with one attached hydrogen (secondary N) is 1. The summed E-state index contributed by atoms with van der Waals surface area (Å²) in [4.78, 5) is -0.202. The number of fused-ring (bicyclic) bond motifs is 1. The lowest BCUT2D eigenvalue weighted by Crippen LogP contribution is -2.26. The molecule has 29 heavy (non-hydrogen) atoms. The van der Waals surface area contributed by atoms with Crippen LogP contribution in [0.2, 0.25) is 0 Å². The average Bonchev–Trinajstić information content (AvgIpc) is 2.66. The van der Waals surface area contributed by atoms with Gasteiger partial charge in [0.25, 0.3) is 0 Å². The van der Waals surface area contributed by atoms with Crippen LogP contribution < -0.4 is 9.46 Å². The largest absolute Gasteiger partial charge is 0.573 e. The molecule has 3 rings (SSSR count). The van der Waals surface area contributed by atoms with Crippen LogP contribution in [0.5, 0.6) is 5.75 Å². The van der Waals surface area contributed by atoms with Crippen LogP contribution in [0.3, 0.4) is 0 Å². The van der Waals surface area contributed by atoms with Crippen LogP contribution in [-0.2, 0) is 10.0 Å². The maximum Gasteiger partial charge on any atom is 0.573 e. The molecule has 0 heterocycles. The Bertz CT molecular complexity index is 1080. The van der Waals surface area contributed by atoms with E-state index in [0.29, 0.717) is 5.56 Å². The minimum absolute atomic E-state index is 0.0481. The predicted molar refractivity (Wildman–Crippen MR) is 102 cm³/mol. The SMILES string of the molecule is O=S(=O)(NCCC(O)c1cccc2ccccc12)c1ccc(OC(F)(F)F)cc1. The highest BCUT2D eigenvalue weighted by atomic mass is 32.2. The van der Waals surface area contributed by atoms with Crippen LogP contribution in [0.25, 0.3) is 10.8 Å². The number of hydrogen-bond acceptors (Lipinski definition) is 4. The number of rotatable bonds is 7. The smallest absolute Gasteiger partial charge is 0.406 e. The molecule has 0 spiro atoms. The molecule has 5 nitrogen and oxygen atoms in total. The first-order valence-corrected chi connectivity index (χ1v) is 10.2. The van der Waals surface area contributed by atoms with Crippen molar-refractivity contribution in [3.8, 4) is 5.75 Å². The third-order valence-corrected chi connectivity index (χ3v) is 5.74. The lowest BCUT2D eigenvalue weighted by atomic mass is 9.99. The summed E-state index contributed by atoms with van der Waals surface area (Å²) in [5.74, 6) is -0.511. The molecule has 1 atom stereocenters. The Morgan fingerprint density at radius 1 is 0.966 bits per heavy atom. The standard InChI is InChI=1S/C20H18F3NO4S/c21-20(22,23)28-15-8-10-16(11-9-15)29(26,27)24-13-12-19(25)18-7-3-5-14-4-1-2-6-17(14)18/h1-11,19,24-25H,12-13H2. The molecule has 0 amide bonds. The first-order chi connectivity index (χ1) is 13.7. The monoisotopic (exact) mass is 425 g/mol. The lowest BCUT2D eigenvalue weighted by molar-refractivity contribution is -0.274. The van der Waals surface area contributed by atoms with Gasteiger partial charge in [0, 0.05) is 6.54 Å². The molecule has 0 aliphatic heterocycles. The van der Waals surface area contributed by atoms with Gasteiger partial charge in [0.1, 0.15) is 5.75 Å². The van der Waals surface area contributed by atoms with Crippen molar-refractivity contribution in [2.24, 2.45) is 0 Å². The van der Waals surface area contributed by atoms with Crippen LogP contribution in [0.4, 0.5) is 13.2 Å². The Kier molecular flexibility index (Phi) is 6.11. The number of halogens is 3. The number of benzene rings is 3. The summed E-state index contributed by atoms with van der Waals surface area (Å²) in [5, 5.41) is 12.3. The molecule has 0 saturated heterocycles. The van der Waals surface area contributed by atoms with Crippen LogP contribution in [-0.4, -0.2) is 26.4 Å². The van der Waals surface area contributed by atoms with Crippen molar-refractivity contribution in [1.82, 2.24) is 4.72 Å². The van der Waals surface area contributed by atoms with E-state index in [4.69, 9.17) is 0 Å². The molecule has 2 N–H and O–H groups in total. The molecular formula is C20H18F3NO4S. The predicted octanol–water partition coefficient (Wildman–Crippen LogP) is 4.14. The zero-order valence-electron chi connectivity index (χ0n) is 15.1. The Morgan fingerprint density at radius 2 is 1.62 bits per heavy atom. The molecule has 3 aromatic rings. The fraction of sp³-hybridized carbons (Fsp3) is 0.200. The Labute approximate surface area is 165 Å². The van der Waals surface area contributed by atoms with E-state index in [1.807, 2.05) is 36.4 Å². The Balaban J connectivity index is 1.63. The summed E-state index contributed by atoms with van der Waals surface area (Å²) >= 11 is 0. The van der Waals surface area contributed by atoms with Crippen molar-refractivity contribution in [3.63, 3.8) is 0 Å². The Hall–Kier alpha value is -2.62. The first-order valence-electron chi connectivity index (χ1n) is 8.67. The van der Waals surface area contributed by atoms with E-state index in [1.54, 1.807) is 6.07 Å². The minimum Gasteiger partial charge on any atom is -0.406 e. The number of sulfonamides is 1. The number of aliphatic hydroxyl groups is 1. The van der Waals surface area contributed by atoms with Crippen LogP contribution >= 0.6 is 0 Å². The zero-order chi connectivity index (χ0) is 21.1. The number of hydrogen-bond donors (Lipinski definition) is 2. The second-order valence-corrected chi connectivity index (χ2v) is 8.06. The van der Waals surface area contributed by atoms with E-state index in [0.717, 1.165) is 35.0 Å². The van der Waals surface area contributed by atoms with Gasteiger partial charge in [-0.05, 0) is 47.0 Å². The van der Waals surface area contributed by atoms with Gasteiger partial charge < -0.3 is 9.84 Å². The fourth-order valence-corrected chi connectivity index (χ4v) is 3.98. The highest BCUT2D eigenvalue weighted by molar-refractivity contribution is 7.89. The summed E-state index contributed by atoms with van der Waals surface area (Å²) in [6, 6.07) is 16.9. The van der Waals surface area contributed by atoms with Crippen molar-refractivity contribution in [1.29, 1.82) is 0 Å². The lowest BCUT2D eigenvalue weighted by Gasteiger charge is -2.14. The van der Waals surface area contributed by atoms with E-state index < -0.39 is 28.2 Å². The van der Waals surface area contributed by atoms with E-state index in [1.165, 1.54) is 0 Å². The minimum atomic E-state index is -4.85. The molecule has 1 unspecified atom stereocenters. The van der Waals surface area contributed by atoms with Crippen molar-refractivity contribution < 1.29 is 31.4 Å². The maximum absolute atomic E-state index is 12.3. The summed E-state index contributed by atoms with van der Waals surface area (Å²) in [6.07, 6.45) is -5.61. The second kappa shape index (κ2) is 8.40. The number of ether oxygens (including phenoxy) is 1. The molecular weight excluding hydrogens is 407 g/mol. The number of aliphatic hydroxyl groups excluding tert-OH is 1. The molecule has 0 fully saturated rings. The second-order valence-electron chi connectivity index (χ2n) is 6.29. The van der Waals surface area contributed by atoms with Gasteiger partial charge in [-0.3, -0.25) is 0 Å². The summed E-state index contributed by atoms with van der Waals surface area (Å²) in [7, 11) is -3.94. The van der Waals surface area contributed by atoms with Crippen LogP contribution in [0, 0.1) is 0 Å². The van der Waals surface area contributed by atoms with Crippen molar-refractivity contribution >= 4 is 20.8 Å². The molecule has 0 aromatic heterocycles. The third kappa shape index (κ3) is 5.47. The maximum atomic E-state index is 12.3. The molecule has 9 heteroatoms. The van der Waals surface area contributed by atoms with Crippen LogP contribution in [0.15, 0.2) is 71.6 Å². The van der Waals surface area contributed by atoms with Crippen LogP contribution in [0.1, 0.15) is 18.1 Å². The molecule has 154 valence electrons. The van der Waals surface area contributed by atoms with E-state index >= 15 is 0 Å². The molecule has 0 saturated carbocycles. The van der Waals surface area contributed by atoms with Gasteiger partial charge in [0.15, 0.2) is 0 Å². The molecule has 0 aliphatic rings. The van der Waals surface area contributed by atoms with E-state index in [9.17, 15) is 26.7 Å². The quantitative estimate of drug-likeness (QED) is 0.597. The van der Waals surface area contributed by atoms with Gasteiger partial charge in [-0.1, -0.05) is 42.5 Å². The Morgan fingerprint density at radius 3 is 2.31 bits per heavy atom. The van der Waals surface area contributed by atoms with Gasteiger partial charge in [-0.25, -0.2) is 13.1 Å². The van der Waals surface area contributed by atoms with Gasteiger partial charge in [-0.15, -0.1) is 13.2 Å². The van der Waals surface area contributed by atoms with Crippen molar-refractivity contribution in [3.05, 3.63) is 72.3 Å². The topological polar surface area (TPSA) is 75.6 Å². The normalized spacial score (nSPS) is 13.4. The highest BCUT2D eigenvalue weighted by Gasteiger charge is 2.31. The molecule has 0 aliphatic carbocycles.